The van der Waals surface area contributed by atoms with Gasteiger partial charge in [-0.15, -0.1) is 13.2 Å². The maximum Gasteiger partial charge on any atom is 0.573 e. The van der Waals surface area contributed by atoms with E-state index in [1.54, 1.807) is 6.07 Å². The van der Waals surface area contributed by atoms with Crippen LogP contribution < -0.4 is 10.1 Å². The van der Waals surface area contributed by atoms with Crippen molar-refractivity contribution in [3.8, 4) is 5.75 Å². The van der Waals surface area contributed by atoms with Crippen LogP contribution in [0.4, 0.5) is 13.2 Å². The van der Waals surface area contributed by atoms with Crippen molar-refractivity contribution in [3.05, 3.63) is 28.8 Å². The summed E-state index contributed by atoms with van der Waals surface area (Å²) >= 11 is 5.90. The second-order valence-electron chi connectivity index (χ2n) is 5.05. The number of hydrogen-bond acceptors (Lipinski definition) is 4. The fourth-order valence-corrected chi connectivity index (χ4v) is 2.84. The van der Waals surface area contributed by atoms with E-state index >= 15 is 0 Å². The molecule has 1 aliphatic rings. The van der Waals surface area contributed by atoms with Gasteiger partial charge >= 0.3 is 6.36 Å². The van der Waals surface area contributed by atoms with Gasteiger partial charge in [0.1, 0.15) is 5.75 Å². The zero-order chi connectivity index (χ0) is 16.2. The highest BCUT2D eigenvalue weighted by molar-refractivity contribution is 6.32. The van der Waals surface area contributed by atoms with Crippen LogP contribution in [0.3, 0.4) is 0 Å². The number of ether oxygens (including phenoxy) is 1. The van der Waals surface area contributed by atoms with Gasteiger partial charge in [-0.05, 0) is 24.1 Å². The second kappa shape index (κ2) is 7.50. The molecule has 0 aliphatic carbocycles. The molecule has 0 radical (unpaired) electrons. The molecular weight excluding hydrogens is 321 g/mol. The van der Waals surface area contributed by atoms with Crippen LogP contribution in [0, 0.1) is 0 Å². The molecule has 1 aromatic carbocycles. The van der Waals surface area contributed by atoms with Gasteiger partial charge in [0.25, 0.3) is 0 Å². The van der Waals surface area contributed by atoms with Gasteiger partial charge in [0.15, 0.2) is 0 Å². The Balaban J connectivity index is 2.19. The number of nitrogens with one attached hydrogen (secondary N) is 1. The fraction of sp³-hybridized carbons (Fsp3) is 0.571. The summed E-state index contributed by atoms with van der Waals surface area (Å²) in [5.41, 5.74) is 0.774. The minimum Gasteiger partial charge on any atom is -0.404 e. The van der Waals surface area contributed by atoms with Gasteiger partial charge in [-0.3, -0.25) is 4.90 Å². The Hall–Kier alpha value is -1.02. The average molecular weight is 339 g/mol. The first kappa shape index (κ1) is 17.3. The van der Waals surface area contributed by atoms with Crippen molar-refractivity contribution < 1.29 is 23.0 Å². The average Bonchev–Trinajstić information content (AvgIpc) is 2.47. The number of nitrogens with zero attached hydrogens (tertiary/aromatic N) is 1. The van der Waals surface area contributed by atoms with Crippen molar-refractivity contribution in [2.45, 2.75) is 18.8 Å². The van der Waals surface area contributed by atoms with Crippen molar-refractivity contribution in [3.63, 3.8) is 0 Å². The summed E-state index contributed by atoms with van der Waals surface area (Å²) in [7, 11) is 0. The summed E-state index contributed by atoms with van der Waals surface area (Å²) in [5.74, 6) is -0.416. The van der Waals surface area contributed by atoms with Crippen LogP contribution in [0.1, 0.15) is 18.0 Å². The van der Waals surface area contributed by atoms with E-state index in [2.05, 4.69) is 15.0 Å². The Morgan fingerprint density at radius 2 is 2.00 bits per heavy atom. The van der Waals surface area contributed by atoms with E-state index in [1.807, 2.05) is 0 Å². The van der Waals surface area contributed by atoms with Gasteiger partial charge < -0.3 is 15.2 Å². The van der Waals surface area contributed by atoms with Crippen LogP contribution in [0.2, 0.25) is 5.02 Å². The number of aliphatic hydroxyl groups excluding tert-OH is 1. The molecule has 1 heterocycles. The third kappa shape index (κ3) is 4.74. The van der Waals surface area contributed by atoms with Gasteiger partial charge in [-0.2, -0.15) is 0 Å². The number of aliphatic hydroxyl groups is 1. The lowest BCUT2D eigenvalue weighted by atomic mass is 10.0. The highest BCUT2D eigenvalue weighted by Crippen LogP contribution is 2.34. The molecule has 2 N–H and O–H groups in total. The van der Waals surface area contributed by atoms with E-state index in [1.165, 1.54) is 12.1 Å². The third-order valence-electron chi connectivity index (χ3n) is 3.56. The van der Waals surface area contributed by atoms with Crippen LogP contribution in [0.25, 0.3) is 0 Å². The molecule has 0 unspecified atom stereocenters. The number of piperazine rings is 1. The number of rotatable bonds is 5. The predicted octanol–water partition coefficient (Wildman–Crippen LogP) is 2.57. The van der Waals surface area contributed by atoms with Crippen molar-refractivity contribution in [2.24, 2.45) is 0 Å². The lowest BCUT2D eigenvalue weighted by Crippen LogP contribution is -2.45. The molecule has 22 heavy (non-hydrogen) atoms. The van der Waals surface area contributed by atoms with Crippen molar-refractivity contribution in [1.29, 1.82) is 0 Å². The molecule has 124 valence electrons. The maximum absolute atomic E-state index is 12.3. The molecule has 1 aromatic rings. The van der Waals surface area contributed by atoms with Crippen LogP contribution >= 0.6 is 11.6 Å². The molecule has 8 heteroatoms. The molecule has 0 spiro atoms. The fourth-order valence-electron chi connectivity index (χ4n) is 2.61. The number of hydrogen-bond donors (Lipinski definition) is 2. The molecule has 1 aliphatic heterocycles. The van der Waals surface area contributed by atoms with Gasteiger partial charge in [0, 0.05) is 38.8 Å². The minimum atomic E-state index is -4.77. The smallest absolute Gasteiger partial charge is 0.404 e. The minimum absolute atomic E-state index is 0.00693. The molecule has 1 fully saturated rings. The van der Waals surface area contributed by atoms with Gasteiger partial charge in [0.05, 0.1) is 5.02 Å². The summed E-state index contributed by atoms with van der Waals surface area (Å²) in [6.07, 6.45) is -4.27. The molecule has 2 rings (SSSR count). The van der Waals surface area contributed by atoms with Gasteiger partial charge in [0.2, 0.25) is 0 Å². The molecule has 4 nitrogen and oxygen atoms in total. The van der Waals surface area contributed by atoms with E-state index in [-0.39, 0.29) is 17.7 Å². The quantitative estimate of drug-likeness (QED) is 0.866. The number of alkyl halides is 3. The van der Waals surface area contributed by atoms with Gasteiger partial charge in [-0.25, -0.2) is 0 Å². The molecule has 0 bridgehead atoms. The molecular formula is C14H18ClF3N2O2. The van der Waals surface area contributed by atoms with Crippen LogP contribution in [0.5, 0.6) is 5.75 Å². The Morgan fingerprint density at radius 3 is 2.55 bits per heavy atom. The summed E-state index contributed by atoms with van der Waals surface area (Å²) < 4.78 is 40.7. The molecule has 0 aromatic heterocycles. The number of benzene rings is 1. The Labute approximate surface area is 131 Å². The Morgan fingerprint density at radius 1 is 1.32 bits per heavy atom. The zero-order valence-electron chi connectivity index (χ0n) is 11.9. The summed E-state index contributed by atoms with van der Waals surface area (Å²) in [5, 5.41) is 12.4. The highest BCUT2D eigenvalue weighted by atomic mass is 35.5. The first-order valence-electron chi connectivity index (χ1n) is 7.01. The Bertz CT molecular complexity index is 493. The van der Waals surface area contributed by atoms with E-state index < -0.39 is 12.1 Å². The SMILES string of the molecule is OCC[C@H](c1ccc(OC(F)(F)F)c(Cl)c1)N1CCNCC1. The lowest BCUT2D eigenvalue weighted by Gasteiger charge is -2.35. The number of halogens is 4. The largest absolute Gasteiger partial charge is 0.573 e. The zero-order valence-corrected chi connectivity index (χ0v) is 12.6. The van der Waals surface area contributed by atoms with Gasteiger partial charge in [-0.1, -0.05) is 17.7 Å². The maximum atomic E-state index is 12.3. The predicted molar refractivity (Wildman–Crippen MR) is 77.0 cm³/mol. The lowest BCUT2D eigenvalue weighted by molar-refractivity contribution is -0.274. The topological polar surface area (TPSA) is 44.7 Å². The van der Waals surface area contributed by atoms with Crippen LogP contribution in [0.15, 0.2) is 18.2 Å². The summed E-state index contributed by atoms with van der Waals surface area (Å²) in [6, 6.07) is 4.18. The van der Waals surface area contributed by atoms with E-state index in [9.17, 15) is 18.3 Å². The molecule has 1 saturated heterocycles. The van der Waals surface area contributed by atoms with Crippen LogP contribution in [-0.2, 0) is 0 Å². The normalized spacial score (nSPS) is 18.2. The monoisotopic (exact) mass is 338 g/mol. The standard InChI is InChI=1S/C14H18ClF3N2O2/c15-11-9-10(1-2-13(11)22-14(16,17)18)12(3-8-21)20-6-4-19-5-7-20/h1-2,9,12,19,21H,3-8H2/t12-/m1/s1. The summed E-state index contributed by atoms with van der Waals surface area (Å²) in [4.78, 5) is 2.18. The van der Waals surface area contributed by atoms with E-state index in [4.69, 9.17) is 11.6 Å². The Kier molecular flexibility index (Phi) is 5.91. The first-order valence-corrected chi connectivity index (χ1v) is 7.39. The van der Waals surface area contributed by atoms with Crippen LogP contribution in [-0.4, -0.2) is 49.2 Å². The van der Waals surface area contributed by atoms with Crippen molar-refractivity contribution in [2.75, 3.05) is 32.8 Å². The molecule has 0 saturated carbocycles. The van der Waals surface area contributed by atoms with Crippen molar-refractivity contribution in [1.82, 2.24) is 10.2 Å². The molecule has 0 amide bonds. The summed E-state index contributed by atoms with van der Waals surface area (Å²) in [6.45, 7) is 3.29. The first-order chi connectivity index (χ1) is 10.4. The van der Waals surface area contributed by atoms with E-state index in [0.717, 1.165) is 31.7 Å². The van der Waals surface area contributed by atoms with Crippen molar-refractivity contribution >= 4 is 11.6 Å². The highest BCUT2D eigenvalue weighted by Gasteiger charge is 2.32. The third-order valence-corrected chi connectivity index (χ3v) is 3.86. The molecule has 1 atom stereocenters. The van der Waals surface area contributed by atoms with E-state index in [0.29, 0.717) is 6.42 Å². The second-order valence-corrected chi connectivity index (χ2v) is 5.46.